The van der Waals surface area contributed by atoms with Crippen LogP contribution in [0.1, 0.15) is 46.4 Å². The summed E-state index contributed by atoms with van der Waals surface area (Å²) in [7, 11) is 0. The monoisotopic (exact) mass is 340 g/mol. The molecular formula is C20H24N2O3. The summed E-state index contributed by atoms with van der Waals surface area (Å²) < 4.78 is 1.88. The standard InChI is InChI=1S/C20H24N2O3/c1-3-21-12-14(2)19(20(24)25)17(21)11-18(23)22-10-9-16(13-22)15-7-5-4-6-8-15/h4-8,12,16H,3,9-11,13H2,1-2H3,(H,24,25)/t16-/m0/s1. The van der Waals surface area contributed by atoms with E-state index in [9.17, 15) is 14.7 Å². The van der Waals surface area contributed by atoms with Gasteiger partial charge < -0.3 is 14.6 Å². The zero-order valence-electron chi connectivity index (χ0n) is 14.7. The molecule has 5 nitrogen and oxygen atoms in total. The molecule has 5 heteroatoms. The molecule has 0 saturated carbocycles. The van der Waals surface area contributed by atoms with Crippen LogP contribution in [0.15, 0.2) is 36.5 Å². The summed E-state index contributed by atoms with van der Waals surface area (Å²) in [5, 5.41) is 9.49. The molecular weight excluding hydrogens is 316 g/mol. The molecule has 2 aromatic rings. The number of amides is 1. The van der Waals surface area contributed by atoms with Crippen molar-refractivity contribution in [1.29, 1.82) is 0 Å². The number of rotatable bonds is 5. The van der Waals surface area contributed by atoms with Crippen LogP contribution >= 0.6 is 0 Å². The van der Waals surface area contributed by atoms with Crippen LogP contribution in [0.5, 0.6) is 0 Å². The number of aromatic nitrogens is 1. The highest BCUT2D eigenvalue weighted by Gasteiger charge is 2.29. The van der Waals surface area contributed by atoms with Crippen LogP contribution in [0.3, 0.4) is 0 Å². The van der Waals surface area contributed by atoms with E-state index < -0.39 is 5.97 Å². The van der Waals surface area contributed by atoms with Crippen molar-refractivity contribution in [3.05, 3.63) is 58.9 Å². The second-order valence-electron chi connectivity index (χ2n) is 6.64. The molecule has 1 aliphatic heterocycles. The van der Waals surface area contributed by atoms with Gasteiger partial charge in [-0.05, 0) is 31.4 Å². The van der Waals surface area contributed by atoms with Gasteiger partial charge in [0.05, 0.1) is 12.0 Å². The second-order valence-corrected chi connectivity index (χ2v) is 6.64. The summed E-state index contributed by atoms with van der Waals surface area (Å²) >= 11 is 0. The molecule has 1 atom stereocenters. The molecule has 1 fully saturated rings. The lowest BCUT2D eigenvalue weighted by Crippen LogP contribution is -2.31. The molecule has 1 amide bonds. The van der Waals surface area contributed by atoms with Crippen molar-refractivity contribution in [2.24, 2.45) is 0 Å². The lowest BCUT2D eigenvalue weighted by atomic mass is 9.99. The topological polar surface area (TPSA) is 62.5 Å². The molecule has 3 rings (SSSR count). The number of carbonyl (C=O) groups is 2. The molecule has 0 spiro atoms. The summed E-state index contributed by atoms with van der Waals surface area (Å²) in [6, 6.07) is 10.3. The largest absolute Gasteiger partial charge is 0.478 e. The first-order chi connectivity index (χ1) is 12.0. The Hall–Kier alpha value is -2.56. The van der Waals surface area contributed by atoms with Gasteiger partial charge in [0, 0.05) is 37.4 Å². The molecule has 0 bridgehead atoms. The van der Waals surface area contributed by atoms with E-state index >= 15 is 0 Å². The van der Waals surface area contributed by atoms with Crippen LogP contribution in [0.2, 0.25) is 0 Å². The third kappa shape index (κ3) is 3.45. The van der Waals surface area contributed by atoms with Crippen molar-refractivity contribution in [2.45, 2.75) is 39.2 Å². The number of carboxylic acid groups (broad SMARTS) is 1. The Morgan fingerprint density at radius 3 is 2.60 bits per heavy atom. The molecule has 0 radical (unpaired) electrons. The number of aryl methyl sites for hydroxylation is 2. The van der Waals surface area contributed by atoms with Gasteiger partial charge in [0.25, 0.3) is 0 Å². The van der Waals surface area contributed by atoms with Crippen LogP contribution in [0.4, 0.5) is 0 Å². The van der Waals surface area contributed by atoms with Gasteiger partial charge in [0.2, 0.25) is 5.91 Å². The van der Waals surface area contributed by atoms with E-state index in [2.05, 4.69) is 12.1 Å². The maximum atomic E-state index is 12.8. The van der Waals surface area contributed by atoms with Crippen molar-refractivity contribution in [3.63, 3.8) is 0 Å². The second kappa shape index (κ2) is 7.13. The van der Waals surface area contributed by atoms with Crippen molar-refractivity contribution in [1.82, 2.24) is 9.47 Å². The predicted molar refractivity (Wildman–Crippen MR) is 95.9 cm³/mol. The average molecular weight is 340 g/mol. The summed E-state index contributed by atoms with van der Waals surface area (Å²) in [5.41, 5.74) is 2.85. The zero-order chi connectivity index (χ0) is 18.0. The van der Waals surface area contributed by atoms with Crippen LogP contribution in [0.25, 0.3) is 0 Å². The Labute approximate surface area is 147 Å². The maximum Gasteiger partial charge on any atom is 0.337 e. The predicted octanol–water partition coefficient (Wildman–Crippen LogP) is 3.07. The highest BCUT2D eigenvalue weighted by molar-refractivity contribution is 5.93. The van der Waals surface area contributed by atoms with E-state index in [-0.39, 0.29) is 17.9 Å². The minimum Gasteiger partial charge on any atom is -0.478 e. The molecule has 25 heavy (non-hydrogen) atoms. The first kappa shape index (κ1) is 17.3. The Morgan fingerprint density at radius 1 is 1.24 bits per heavy atom. The number of hydrogen-bond acceptors (Lipinski definition) is 2. The van der Waals surface area contributed by atoms with Gasteiger partial charge in [-0.25, -0.2) is 4.79 Å². The van der Waals surface area contributed by atoms with Crippen LogP contribution in [-0.4, -0.2) is 39.5 Å². The fraction of sp³-hybridized carbons (Fsp3) is 0.400. The van der Waals surface area contributed by atoms with Crippen LogP contribution in [-0.2, 0) is 17.8 Å². The van der Waals surface area contributed by atoms with Gasteiger partial charge in [-0.15, -0.1) is 0 Å². The number of carboxylic acids is 1. The van der Waals surface area contributed by atoms with Gasteiger partial charge in [-0.2, -0.15) is 0 Å². The highest BCUT2D eigenvalue weighted by atomic mass is 16.4. The summed E-state index contributed by atoms with van der Waals surface area (Å²) in [5.74, 6) is -0.589. The Bertz CT molecular complexity index is 780. The molecule has 1 aromatic heterocycles. The number of likely N-dealkylation sites (tertiary alicyclic amines) is 1. The minimum absolute atomic E-state index is 0.00808. The lowest BCUT2D eigenvalue weighted by molar-refractivity contribution is -0.129. The molecule has 2 heterocycles. The molecule has 1 aliphatic rings. The number of aromatic carboxylic acids is 1. The maximum absolute atomic E-state index is 12.8. The Balaban J connectivity index is 1.74. The molecule has 1 aromatic carbocycles. The summed E-state index contributed by atoms with van der Waals surface area (Å²) in [6.07, 6.45) is 2.92. The van der Waals surface area contributed by atoms with Crippen molar-refractivity contribution < 1.29 is 14.7 Å². The van der Waals surface area contributed by atoms with E-state index in [1.807, 2.05) is 40.8 Å². The first-order valence-corrected chi connectivity index (χ1v) is 8.75. The third-order valence-corrected chi connectivity index (χ3v) is 5.06. The highest BCUT2D eigenvalue weighted by Crippen LogP contribution is 2.28. The van der Waals surface area contributed by atoms with E-state index in [1.54, 1.807) is 6.92 Å². The average Bonchev–Trinajstić information content (AvgIpc) is 3.20. The SMILES string of the molecule is CCn1cc(C)c(C(=O)O)c1CC(=O)N1CC[C@H](c2ccccc2)C1. The molecule has 1 N–H and O–H groups in total. The smallest absolute Gasteiger partial charge is 0.337 e. The van der Waals surface area contributed by atoms with Crippen LogP contribution < -0.4 is 0 Å². The number of nitrogens with zero attached hydrogens (tertiary/aromatic N) is 2. The van der Waals surface area contributed by atoms with E-state index in [4.69, 9.17) is 0 Å². The fourth-order valence-electron chi connectivity index (χ4n) is 3.75. The lowest BCUT2D eigenvalue weighted by Gasteiger charge is -2.18. The van der Waals surface area contributed by atoms with E-state index in [1.165, 1.54) is 5.56 Å². The van der Waals surface area contributed by atoms with E-state index in [0.29, 0.717) is 30.3 Å². The normalized spacial score (nSPS) is 17.0. The minimum atomic E-state index is -0.962. The quantitative estimate of drug-likeness (QED) is 0.910. The first-order valence-electron chi connectivity index (χ1n) is 8.75. The summed E-state index contributed by atoms with van der Waals surface area (Å²) in [4.78, 5) is 26.2. The van der Waals surface area contributed by atoms with Gasteiger partial charge in [0.1, 0.15) is 0 Å². The molecule has 132 valence electrons. The number of carbonyl (C=O) groups excluding carboxylic acids is 1. The van der Waals surface area contributed by atoms with Gasteiger partial charge in [-0.3, -0.25) is 4.79 Å². The third-order valence-electron chi connectivity index (χ3n) is 5.06. The van der Waals surface area contributed by atoms with Crippen LogP contribution in [0, 0.1) is 6.92 Å². The Kier molecular flexibility index (Phi) is 4.93. The summed E-state index contributed by atoms with van der Waals surface area (Å²) in [6.45, 7) is 5.83. The van der Waals surface area contributed by atoms with E-state index in [0.717, 1.165) is 13.0 Å². The van der Waals surface area contributed by atoms with Crippen molar-refractivity contribution in [2.75, 3.05) is 13.1 Å². The van der Waals surface area contributed by atoms with Crippen molar-refractivity contribution in [3.8, 4) is 0 Å². The van der Waals surface area contributed by atoms with Gasteiger partial charge in [0.15, 0.2) is 0 Å². The molecule has 1 saturated heterocycles. The fourth-order valence-corrected chi connectivity index (χ4v) is 3.75. The van der Waals surface area contributed by atoms with Gasteiger partial charge in [-0.1, -0.05) is 30.3 Å². The Morgan fingerprint density at radius 2 is 1.96 bits per heavy atom. The molecule has 0 unspecified atom stereocenters. The zero-order valence-corrected chi connectivity index (χ0v) is 14.7. The van der Waals surface area contributed by atoms with Crippen molar-refractivity contribution >= 4 is 11.9 Å². The van der Waals surface area contributed by atoms with Gasteiger partial charge >= 0.3 is 5.97 Å². The number of hydrogen-bond donors (Lipinski definition) is 1. The molecule has 0 aliphatic carbocycles. The number of benzene rings is 1.